The van der Waals surface area contributed by atoms with Crippen LogP contribution in [0, 0.1) is 11.3 Å². The Bertz CT molecular complexity index is 887. The Labute approximate surface area is 143 Å². The van der Waals surface area contributed by atoms with Crippen LogP contribution in [0.25, 0.3) is 0 Å². The highest BCUT2D eigenvalue weighted by atomic mass is 32.2. The maximum absolute atomic E-state index is 12.7. The highest BCUT2D eigenvalue weighted by molar-refractivity contribution is 7.84. The predicted molar refractivity (Wildman–Crippen MR) is 94.2 cm³/mol. The molecule has 0 fully saturated rings. The average molecular weight is 333 g/mol. The summed E-state index contributed by atoms with van der Waals surface area (Å²) in [6.07, 6.45) is 0. The molecule has 0 N–H and O–H groups in total. The van der Waals surface area contributed by atoms with Gasteiger partial charge in [0, 0.05) is 0 Å². The third-order valence-corrected chi connectivity index (χ3v) is 4.86. The van der Waals surface area contributed by atoms with Gasteiger partial charge in [0.2, 0.25) is 0 Å². The van der Waals surface area contributed by atoms with E-state index in [1.165, 1.54) is 0 Å². The van der Waals surface area contributed by atoms with Crippen LogP contribution in [0.2, 0.25) is 0 Å². The van der Waals surface area contributed by atoms with E-state index < -0.39 is 10.8 Å². The Morgan fingerprint density at radius 1 is 0.875 bits per heavy atom. The van der Waals surface area contributed by atoms with Crippen molar-refractivity contribution >= 4 is 10.8 Å². The molecule has 4 heteroatoms. The molecule has 1 unspecified atom stereocenters. The Morgan fingerprint density at radius 3 is 2.21 bits per heavy atom. The van der Waals surface area contributed by atoms with Crippen molar-refractivity contribution in [3.05, 3.63) is 90.0 Å². The van der Waals surface area contributed by atoms with Gasteiger partial charge in [-0.3, -0.25) is 4.21 Å². The minimum Gasteiger partial charge on any atom is -0.457 e. The van der Waals surface area contributed by atoms with Gasteiger partial charge in [-0.2, -0.15) is 5.26 Å². The van der Waals surface area contributed by atoms with Crippen LogP contribution in [0.3, 0.4) is 0 Å². The minimum atomic E-state index is -1.32. The Morgan fingerprint density at radius 2 is 1.54 bits per heavy atom. The molecular weight excluding hydrogens is 318 g/mol. The monoisotopic (exact) mass is 333 g/mol. The molecule has 0 aliphatic heterocycles. The maximum atomic E-state index is 12.7. The molecule has 0 bridgehead atoms. The van der Waals surface area contributed by atoms with Gasteiger partial charge < -0.3 is 4.74 Å². The fraction of sp³-hybridized carbons (Fsp3) is 0.0500. The molecule has 0 radical (unpaired) electrons. The fourth-order valence-electron chi connectivity index (χ4n) is 2.27. The standard InChI is InChI=1S/C20H15NO2S/c21-14-17-11-12-19(23-18-9-5-2-6-10-18)13-20(17)24(22)15-16-7-3-1-4-8-16/h1-13H,15H2. The summed E-state index contributed by atoms with van der Waals surface area (Å²) in [5, 5.41) is 9.29. The van der Waals surface area contributed by atoms with Crippen LogP contribution >= 0.6 is 0 Å². The lowest BCUT2D eigenvalue weighted by Crippen LogP contribution is -2.00. The van der Waals surface area contributed by atoms with Gasteiger partial charge in [-0.15, -0.1) is 0 Å². The molecule has 0 heterocycles. The normalized spacial score (nSPS) is 11.5. The first kappa shape index (κ1) is 16.0. The molecule has 0 aliphatic rings. The molecule has 1 atom stereocenters. The van der Waals surface area contributed by atoms with E-state index >= 15 is 0 Å². The molecule has 3 aromatic rings. The average Bonchev–Trinajstić information content (AvgIpc) is 2.63. The summed E-state index contributed by atoms with van der Waals surface area (Å²) in [7, 11) is -1.32. The highest BCUT2D eigenvalue weighted by Gasteiger charge is 2.12. The van der Waals surface area contributed by atoms with Gasteiger partial charge in [-0.1, -0.05) is 48.5 Å². The SMILES string of the molecule is N#Cc1ccc(Oc2ccccc2)cc1S(=O)Cc1ccccc1. The van der Waals surface area contributed by atoms with E-state index in [-0.39, 0.29) is 0 Å². The summed E-state index contributed by atoms with van der Waals surface area (Å²) >= 11 is 0. The van der Waals surface area contributed by atoms with E-state index in [4.69, 9.17) is 4.74 Å². The lowest BCUT2D eigenvalue weighted by Gasteiger charge is -2.09. The van der Waals surface area contributed by atoms with Crippen molar-refractivity contribution in [3.8, 4) is 17.6 Å². The van der Waals surface area contributed by atoms with Gasteiger partial charge in [-0.25, -0.2) is 0 Å². The number of hydrogen-bond donors (Lipinski definition) is 0. The zero-order valence-electron chi connectivity index (χ0n) is 12.9. The first-order valence-corrected chi connectivity index (χ1v) is 8.77. The number of nitrogens with zero attached hydrogens (tertiary/aromatic N) is 1. The van der Waals surface area contributed by atoms with E-state index in [9.17, 15) is 9.47 Å². The van der Waals surface area contributed by atoms with Crippen LogP contribution in [0.15, 0.2) is 83.8 Å². The molecule has 3 aromatic carbocycles. The van der Waals surface area contributed by atoms with Crippen molar-refractivity contribution in [1.29, 1.82) is 5.26 Å². The summed E-state index contributed by atoms with van der Waals surface area (Å²) in [5.41, 5.74) is 1.37. The molecule has 0 aliphatic carbocycles. The minimum absolute atomic E-state index is 0.365. The number of ether oxygens (including phenoxy) is 1. The van der Waals surface area contributed by atoms with Crippen LogP contribution in [0.4, 0.5) is 0 Å². The van der Waals surface area contributed by atoms with Gasteiger partial charge in [-0.05, 0) is 35.9 Å². The van der Waals surface area contributed by atoms with E-state index in [0.717, 1.165) is 5.56 Å². The molecule has 3 rings (SSSR count). The van der Waals surface area contributed by atoms with Crippen molar-refractivity contribution in [2.75, 3.05) is 0 Å². The van der Waals surface area contributed by atoms with Crippen LogP contribution < -0.4 is 4.74 Å². The molecule has 24 heavy (non-hydrogen) atoms. The summed E-state index contributed by atoms with van der Waals surface area (Å²) in [4.78, 5) is 0.495. The van der Waals surface area contributed by atoms with Crippen LogP contribution in [0.1, 0.15) is 11.1 Å². The second-order valence-corrected chi connectivity index (χ2v) is 6.58. The zero-order chi connectivity index (χ0) is 16.8. The largest absolute Gasteiger partial charge is 0.457 e. The maximum Gasteiger partial charge on any atom is 0.128 e. The van der Waals surface area contributed by atoms with Crippen molar-refractivity contribution < 1.29 is 8.95 Å². The second-order valence-electron chi connectivity index (χ2n) is 5.16. The molecule has 3 nitrogen and oxygen atoms in total. The molecule has 0 spiro atoms. The number of para-hydroxylation sites is 1. The summed E-state index contributed by atoms with van der Waals surface area (Å²) in [6.45, 7) is 0. The zero-order valence-corrected chi connectivity index (χ0v) is 13.7. The quantitative estimate of drug-likeness (QED) is 0.682. The lowest BCUT2D eigenvalue weighted by atomic mass is 10.2. The topological polar surface area (TPSA) is 50.1 Å². The van der Waals surface area contributed by atoms with Gasteiger partial charge in [0.1, 0.15) is 17.6 Å². The van der Waals surface area contributed by atoms with Gasteiger partial charge in [0.05, 0.1) is 27.0 Å². The summed E-state index contributed by atoms with van der Waals surface area (Å²) in [6, 6.07) is 26.1. The van der Waals surface area contributed by atoms with Crippen molar-refractivity contribution in [1.82, 2.24) is 0 Å². The predicted octanol–water partition coefficient (Wildman–Crippen LogP) is 4.66. The van der Waals surface area contributed by atoms with Gasteiger partial charge in [0.15, 0.2) is 0 Å². The number of rotatable bonds is 5. The Kier molecular flexibility index (Phi) is 5.05. The number of nitriles is 1. The fourth-order valence-corrected chi connectivity index (χ4v) is 3.53. The molecule has 0 saturated heterocycles. The van der Waals surface area contributed by atoms with Crippen LogP contribution in [-0.4, -0.2) is 4.21 Å². The second kappa shape index (κ2) is 7.58. The third kappa shape index (κ3) is 3.89. The first-order chi connectivity index (χ1) is 11.8. The number of benzene rings is 3. The van der Waals surface area contributed by atoms with Crippen molar-refractivity contribution in [3.63, 3.8) is 0 Å². The highest BCUT2D eigenvalue weighted by Crippen LogP contribution is 2.26. The molecule has 0 aromatic heterocycles. The summed E-state index contributed by atoms with van der Waals surface area (Å²) in [5.74, 6) is 1.63. The molecular formula is C20H15NO2S. The smallest absolute Gasteiger partial charge is 0.128 e. The number of hydrogen-bond acceptors (Lipinski definition) is 3. The van der Waals surface area contributed by atoms with Crippen molar-refractivity contribution in [2.45, 2.75) is 10.6 Å². The Hall–Kier alpha value is -2.90. The van der Waals surface area contributed by atoms with E-state index in [1.54, 1.807) is 18.2 Å². The van der Waals surface area contributed by atoms with Crippen molar-refractivity contribution in [2.24, 2.45) is 0 Å². The van der Waals surface area contributed by atoms with E-state index in [1.807, 2.05) is 60.7 Å². The van der Waals surface area contributed by atoms with Gasteiger partial charge in [0.25, 0.3) is 0 Å². The summed E-state index contributed by atoms with van der Waals surface area (Å²) < 4.78 is 18.5. The molecule has 0 amide bonds. The van der Waals surface area contributed by atoms with E-state index in [0.29, 0.717) is 27.7 Å². The van der Waals surface area contributed by atoms with Crippen LogP contribution in [0.5, 0.6) is 11.5 Å². The Balaban J connectivity index is 1.87. The molecule has 118 valence electrons. The first-order valence-electron chi connectivity index (χ1n) is 7.45. The van der Waals surface area contributed by atoms with Crippen LogP contribution in [-0.2, 0) is 16.6 Å². The lowest BCUT2D eigenvalue weighted by molar-refractivity contribution is 0.481. The third-order valence-electron chi connectivity index (χ3n) is 3.44. The van der Waals surface area contributed by atoms with Gasteiger partial charge >= 0.3 is 0 Å². The van der Waals surface area contributed by atoms with E-state index in [2.05, 4.69) is 6.07 Å². The molecule has 0 saturated carbocycles.